The normalized spacial score (nSPS) is 9.50. The van der Waals surface area contributed by atoms with Crippen molar-refractivity contribution in [2.75, 3.05) is 0 Å². The molecular weight excluding hydrogens is 227 g/mol. The van der Waals surface area contributed by atoms with Gasteiger partial charge in [-0.05, 0) is 5.21 Å². The Labute approximate surface area is 78.2 Å². The zero-order chi connectivity index (χ0) is 9.14. The van der Waals surface area contributed by atoms with E-state index in [9.17, 15) is 8.42 Å². The smallest absolute Gasteiger partial charge is 0.163 e. The number of hydrogen-bond acceptors (Lipinski definition) is 6. The molecule has 1 rings (SSSR count). The predicted octanol–water partition coefficient (Wildman–Crippen LogP) is 0.873. The Morgan fingerprint density at radius 3 is 2.08 bits per heavy atom. The van der Waals surface area contributed by atoms with Gasteiger partial charge in [0.05, 0.1) is 0 Å². The van der Waals surface area contributed by atoms with E-state index in [1.165, 1.54) is 0 Å². The summed E-state index contributed by atoms with van der Waals surface area (Å²) in [5, 5.41) is 9.20. The van der Waals surface area contributed by atoms with Crippen molar-refractivity contribution in [2.45, 2.75) is 0 Å². The fourth-order valence-corrected chi connectivity index (χ4v) is 1.23. The van der Waals surface area contributed by atoms with Gasteiger partial charge in [0.15, 0.2) is 16.0 Å². The van der Waals surface area contributed by atoms with Crippen molar-refractivity contribution in [1.82, 2.24) is 15.4 Å². The van der Waals surface area contributed by atoms with E-state index < -0.39 is 10.5 Å². The van der Waals surface area contributed by atoms with Crippen molar-refractivity contribution in [2.24, 2.45) is 4.36 Å². The SMILES string of the molecule is O=S(=O)=Nc1c(Cl)nnnc1Cl. The van der Waals surface area contributed by atoms with Crippen LogP contribution in [0.15, 0.2) is 4.36 Å². The van der Waals surface area contributed by atoms with E-state index >= 15 is 0 Å². The minimum atomic E-state index is -2.64. The van der Waals surface area contributed by atoms with E-state index in [-0.39, 0.29) is 16.0 Å². The molecule has 64 valence electrons. The molecule has 0 aliphatic rings. The summed E-state index contributed by atoms with van der Waals surface area (Å²) in [5.41, 5.74) is -0.207. The second kappa shape index (κ2) is 3.74. The average Bonchev–Trinajstić information content (AvgIpc) is 1.97. The molecule has 6 nitrogen and oxygen atoms in total. The Hall–Kier alpha value is -0.790. The molecule has 0 saturated heterocycles. The van der Waals surface area contributed by atoms with E-state index in [2.05, 4.69) is 19.8 Å². The lowest BCUT2D eigenvalue weighted by molar-refractivity contribution is 0.622. The molecule has 0 aliphatic heterocycles. The zero-order valence-corrected chi connectivity index (χ0v) is 7.60. The molecule has 0 fully saturated rings. The third-order valence-corrected chi connectivity index (χ3v) is 1.66. The van der Waals surface area contributed by atoms with Crippen molar-refractivity contribution in [3.8, 4) is 0 Å². The van der Waals surface area contributed by atoms with Gasteiger partial charge in [0.2, 0.25) is 0 Å². The van der Waals surface area contributed by atoms with Crippen LogP contribution in [0.5, 0.6) is 0 Å². The molecule has 0 bridgehead atoms. The maximum absolute atomic E-state index is 10.1. The van der Waals surface area contributed by atoms with Crippen LogP contribution in [0.4, 0.5) is 5.69 Å². The molecular formula is C3Cl2N4O2S. The highest BCUT2D eigenvalue weighted by atomic mass is 35.5. The van der Waals surface area contributed by atoms with Crippen LogP contribution in [0.1, 0.15) is 0 Å². The van der Waals surface area contributed by atoms with Crippen molar-refractivity contribution in [3.05, 3.63) is 10.3 Å². The molecule has 0 N–H and O–H groups in total. The first kappa shape index (κ1) is 9.30. The van der Waals surface area contributed by atoms with Gasteiger partial charge in [-0.1, -0.05) is 23.2 Å². The predicted molar refractivity (Wildman–Crippen MR) is 40.9 cm³/mol. The highest BCUT2D eigenvalue weighted by Gasteiger charge is 2.07. The molecule has 0 radical (unpaired) electrons. The highest BCUT2D eigenvalue weighted by Crippen LogP contribution is 2.27. The highest BCUT2D eigenvalue weighted by molar-refractivity contribution is 7.61. The molecule has 1 aromatic rings. The van der Waals surface area contributed by atoms with Gasteiger partial charge in [-0.25, -0.2) is 0 Å². The van der Waals surface area contributed by atoms with Gasteiger partial charge in [-0.15, -0.1) is 14.6 Å². The topological polar surface area (TPSA) is 85.2 Å². The first-order valence-electron chi connectivity index (χ1n) is 2.46. The van der Waals surface area contributed by atoms with Gasteiger partial charge in [0.1, 0.15) is 0 Å². The molecule has 0 atom stereocenters. The number of rotatable bonds is 1. The second-order valence-electron chi connectivity index (χ2n) is 1.53. The minimum Gasteiger partial charge on any atom is -0.163 e. The summed E-state index contributed by atoms with van der Waals surface area (Å²) in [7, 11) is -2.64. The summed E-state index contributed by atoms with van der Waals surface area (Å²) < 4.78 is 23.3. The van der Waals surface area contributed by atoms with E-state index in [4.69, 9.17) is 23.2 Å². The van der Waals surface area contributed by atoms with Crippen LogP contribution in [-0.2, 0) is 10.5 Å². The summed E-state index contributed by atoms with van der Waals surface area (Å²) in [6.07, 6.45) is 0. The van der Waals surface area contributed by atoms with E-state index in [1.54, 1.807) is 0 Å². The number of hydrogen-bond donors (Lipinski definition) is 0. The molecule has 0 aliphatic carbocycles. The van der Waals surface area contributed by atoms with Crippen LogP contribution >= 0.6 is 23.2 Å². The number of halogens is 2. The van der Waals surface area contributed by atoms with Crippen LogP contribution in [0.25, 0.3) is 0 Å². The Morgan fingerprint density at radius 1 is 1.17 bits per heavy atom. The number of aromatic nitrogens is 3. The van der Waals surface area contributed by atoms with Gasteiger partial charge in [0.25, 0.3) is 0 Å². The third kappa shape index (κ3) is 2.10. The standard InChI is InChI=1S/C3Cl2N4O2S/c4-2-1(8-12(10)11)3(5)7-9-6-2. The number of nitrogens with zero attached hydrogens (tertiary/aromatic N) is 4. The largest absolute Gasteiger partial charge is 0.316 e. The van der Waals surface area contributed by atoms with Crippen molar-refractivity contribution >= 4 is 39.4 Å². The Kier molecular flexibility index (Phi) is 2.90. The average molecular weight is 227 g/mol. The minimum absolute atomic E-state index is 0.207. The Balaban J connectivity index is 3.41. The molecule has 1 aromatic heterocycles. The summed E-state index contributed by atoms with van der Waals surface area (Å²) in [5.74, 6) is 0. The first-order valence-corrected chi connectivity index (χ1v) is 4.25. The second-order valence-corrected chi connectivity index (χ2v) is 2.86. The fraction of sp³-hybridized carbons (Fsp3) is 0. The van der Waals surface area contributed by atoms with Crippen LogP contribution in [-0.4, -0.2) is 23.8 Å². The maximum atomic E-state index is 10.1. The summed E-state index contributed by atoms with van der Waals surface area (Å²) in [6.45, 7) is 0. The van der Waals surface area contributed by atoms with Crippen LogP contribution in [0.3, 0.4) is 0 Å². The summed E-state index contributed by atoms with van der Waals surface area (Å²) >= 11 is 10.8. The lowest BCUT2D eigenvalue weighted by Gasteiger charge is -1.92. The van der Waals surface area contributed by atoms with Gasteiger partial charge >= 0.3 is 10.5 Å². The molecule has 0 saturated carbocycles. The van der Waals surface area contributed by atoms with Gasteiger partial charge < -0.3 is 0 Å². The fourth-order valence-electron chi connectivity index (χ4n) is 0.431. The first-order chi connectivity index (χ1) is 5.61. The third-order valence-electron chi connectivity index (χ3n) is 0.822. The van der Waals surface area contributed by atoms with Crippen molar-refractivity contribution in [3.63, 3.8) is 0 Å². The van der Waals surface area contributed by atoms with Gasteiger partial charge in [-0.3, -0.25) is 0 Å². The zero-order valence-electron chi connectivity index (χ0n) is 5.27. The van der Waals surface area contributed by atoms with E-state index in [1.807, 2.05) is 0 Å². The van der Waals surface area contributed by atoms with Crippen LogP contribution < -0.4 is 0 Å². The molecule has 0 unspecified atom stereocenters. The summed E-state index contributed by atoms with van der Waals surface area (Å²) in [6, 6.07) is 0. The Bertz CT molecular complexity index is 402. The van der Waals surface area contributed by atoms with E-state index in [0.29, 0.717) is 0 Å². The molecule has 0 aromatic carbocycles. The lowest BCUT2D eigenvalue weighted by atomic mass is 10.6. The maximum Gasteiger partial charge on any atom is 0.316 e. The monoisotopic (exact) mass is 226 g/mol. The van der Waals surface area contributed by atoms with Crippen LogP contribution in [0.2, 0.25) is 10.3 Å². The summed E-state index contributed by atoms with van der Waals surface area (Å²) in [4.78, 5) is 0. The Morgan fingerprint density at radius 2 is 1.67 bits per heavy atom. The molecule has 9 heteroatoms. The molecule has 12 heavy (non-hydrogen) atoms. The molecule has 0 amide bonds. The molecule has 0 spiro atoms. The quantitative estimate of drug-likeness (QED) is 0.710. The van der Waals surface area contributed by atoms with Gasteiger partial charge in [0, 0.05) is 0 Å². The van der Waals surface area contributed by atoms with Crippen molar-refractivity contribution < 1.29 is 8.42 Å². The lowest BCUT2D eigenvalue weighted by Crippen LogP contribution is -1.87. The molecule has 1 heterocycles. The van der Waals surface area contributed by atoms with E-state index in [0.717, 1.165) is 0 Å². The van der Waals surface area contributed by atoms with Gasteiger partial charge in [-0.2, -0.15) is 8.42 Å². The van der Waals surface area contributed by atoms with Crippen LogP contribution in [0, 0.1) is 0 Å². The van der Waals surface area contributed by atoms with Crippen molar-refractivity contribution in [1.29, 1.82) is 0 Å².